The molecule has 0 saturated heterocycles. The average Bonchev–Trinajstić information content (AvgIpc) is 2.78. The Morgan fingerprint density at radius 3 is 2.65 bits per heavy atom. The number of carbonyl (C=O) groups excluding carboxylic acids is 1. The second kappa shape index (κ2) is 14.0. The van der Waals surface area contributed by atoms with Crippen LogP contribution in [-0.4, -0.2) is 57.2 Å². The fourth-order valence-corrected chi connectivity index (χ4v) is 2.90. The van der Waals surface area contributed by atoms with Crippen LogP contribution in [0.5, 0.6) is 5.75 Å². The molecule has 0 heterocycles. The van der Waals surface area contributed by atoms with Crippen LogP contribution in [0, 0.1) is 0 Å². The van der Waals surface area contributed by atoms with Gasteiger partial charge < -0.3 is 25.0 Å². The van der Waals surface area contributed by atoms with Gasteiger partial charge in [-0.3, -0.25) is 9.79 Å². The van der Waals surface area contributed by atoms with Crippen molar-refractivity contribution in [3.63, 3.8) is 0 Å². The van der Waals surface area contributed by atoms with Crippen LogP contribution in [0.2, 0.25) is 0 Å². The van der Waals surface area contributed by atoms with Crippen molar-refractivity contribution in [2.75, 3.05) is 45.8 Å². The number of rotatable bonds is 12. The van der Waals surface area contributed by atoms with Gasteiger partial charge in [-0.05, 0) is 24.6 Å². The molecular weight excluding hydrogens is 392 g/mol. The van der Waals surface area contributed by atoms with E-state index in [2.05, 4.69) is 15.6 Å². The van der Waals surface area contributed by atoms with E-state index in [1.807, 2.05) is 68.6 Å². The lowest BCUT2D eigenvalue weighted by Crippen LogP contribution is -2.31. The first-order chi connectivity index (χ1) is 15.1. The van der Waals surface area contributed by atoms with Gasteiger partial charge in [0.2, 0.25) is 5.91 Å². The number of nitrogens with zero attached hydrogens (tertiary/aromatic N) is 2. The van der Waals surface area contributed by atoms with E-state index in [-0.39, 0.29) is 5.91 Å². The van der Waals surface area contributed by atoms with Crippen molar-refractivity contribution in [3.05, 3.63) is 60.2 Å². The summed E-state index contributed by atoms with van der Waals surface area (Å²) in [5, 5.41) is 6.48. The Bertz CT molecular complexity index is 811. The van der Waals surface area contributed by atoms with Crippen molar-refractivity contribution < 1.29 is 14.3 Å². The molecule has 0 aliphatic carbocycles. The minimum atomic E-state index is 0.0647. The molecule has 0 radical (unpaired) electrons. The number of carbonyl (C=O) groups is 1. The van der Waals surface area contributed by atoms with Gasteiger partial charge in [0.1, 0.15) is 5.75 Å². The van der Waals surface area contributed by atoms with E-state index in [1.54, 1.807) is 12.0 Å². The lowest BCUT2D eigenvalue weighted by molar-refractivity contribution is -0.130. The van der Waals surface area contributed by atoms with Crippen LogP contribution in [0.3, 0.4) is 0 Å². The molecule has 0 saturated carbocycles. The van der Waals surface area contributed by atoms with Crippen molar-refractivity contribution in [2.45, 2.75) is 26.3 Å². The smallest absolute Gasteiger partial charge is 0.224 e. The summed E-state index contributed by atoms with van der Waals surface area (Å²) in [4.78, 5) is 18.7. The quantitative estimate of drug-likeness (QED) is 0.309. The molecule has 168 valence electrons. The zero-order valence-corrected chi connectivity index (χ0v) is 18.8. The largest absolute Gasteiger partial charge is 0.493 e. The first-order valence-corrected chi connectivity index (χ1v) is 10.7. The molecular formula is C24H34N4O3. The van der Waals surface area contributed by atoms with Crippen LogP contribution in [0.4, 0.5) is 5.69 Å². The first kappa shape index (κ1) is 24.2. The Morgan fingerprint density at radius 1 is 1.10 bits per heavy atom. The molecule has 2 rings (SSSR count). The highest BCUT2D eigenvalue weighted by Crippen LogP contribution is 2.17. The summed E-state index contributed by atoms with van der Waals surface area (Å²) in [5.74, 6) is 1.49. The molecule has 0 unspecified atom stereocenters. The molecule has 0 aliphatic heterocycles. The van der Waals surface area contributed by atoms with Gasteiger partial charge in [0, 0.05) is 58.4 Å². The standard InChI is InChI=1S/C24H34N4O3/c1-4-25-24(27-21-12-8-13-22(18-21)31-17-9-16-30-3)26-15-14-23(29)28(2)19-20-10-6-5-7-11-20/h5-8,10-13,18H,4,9,14-17,19H2,1-3H3,(H2,25,26,27). The number of hydrogen-bond acceptors (Lipinski definition) is 4. The second-order valence-corrected chi connectivity index (χ2v) is 7.09. The summed E-state index contributed by atoms with van der Waals surface area (Å²) in [6.45, 7) is 5.00. The average molecular weight is 427 g/mol. The molecule has 0 bridgehead atoms. The fourth-order valence-electron chi connectivity index (χ4n) is 2.90. The van der Waals surface area contributed by atoms with Crippen LogP contribution in [0.15, 0.2) is 59.6 Å². The molecule has 2 N–H and O–H groups in total. The number of amides is 1. The van der Waals surface area contributed by atoms with Crippen molar-refractivity contribution in [1.82, 2.24) is 10.2 Å². The highest BCUT2D eigenvalue weighted by Gasteiger charge is 2.09. The number of benzene rings is 2. The number of nitrogens with one attached hydrogen (secondary N) is 2. The molecule has 0 atom stereocenters. The Balaban J connectivity index is 1.86. The molecule has 0 aromatic heterocycles. The molecule has 2 aromatic rings. The van der Waals surface area contributed by atoms with Crippen molar-refractivity contribution in [1.29, 1.82) is 0 Å². The lowest BCUT2D eigenvalue weighted by atomic mass is 10.2. The minimum Gasteiger partial charge on any atom is -0.493 e. The van der Waals surface area contributed by atoms with Crippen LogP contribution < -0.4 is 15.4 Å². The third kappa shape index (κ3) is 9.53. The summed E-state index contributed by atoms with van der Waals surface area (Å²) in [5.41, 5.74) is 1.98. The van der Waals surface area contributed by atoms with E-state index in [0.29, 0.717) is 38.7 Å². The van der Waals surface area contributed by atoms with Crippen LogP contribution in [0.25, 0.3) is 0 Å². The number of hydrogen-bond donors (Lipinski definition) is 2. The van der Waals surface area contributed by atoms with Gasteiger partial charge in [-0.2, -0.15) is 0 Å². The summed E-state index contributed by atoms with van der Waals surface area (Å²) < 4.78 is 10.8. The molecule has 0 fully saturated rings. The first-order valence-electron chi connectivity index (χ1n) is 10.7. The second-order valence-electron chi connectivity index (χ2n) is 7.09. The van der Waals surface area contributed by atoms with E-state index in [4.69, 9.17) is 9.47 Å². The number of anilines is 1. The van der Waals surface area contributed by atoms with E-state index >= 15 is 0 Å². The van der Waals surface area contributed by atoms with Crippen molar-refractivity contribution in [2.24, 2.45) is 4.99 Å². The summed E-state index contributed by atoms with van der Waals surface area (Å²) in [6, 6.07) is 17.7. The number of ether oxygens (including phenoxy) is 2. The SMILES string of the molecule is CCNC(=NCCC(=O)N(C)Cc1ccccc1)Nc1cccc(OCCCOC)c1. The van der Waals surface area contributed by atoms with Crippen LogP contribution >= 0.6 is 0 Å². The van der Waals surface area contributed by atoms with Gasteiger partial charge in [-0.25, -0.2) is 0 Å². The summed E-state index contributed by atoms with van der Waals surface area (Å²) in [6.07, 6.45) is 1.19. The molecule has 7 nitrogen and oxygen atoms in total. The maximum absolute atomic E-state index is 12.4. The maximum Gasteiger partial charge on any atom is 0.224 e. The molecule has 31 heavy (non-hydrogen) atoms. The maximum atomic E-state index is 12.4. The lowest BCUT2D eigenvalue weighted by Gasteiger charge is -2.17. The van der Waals surface area contributed by atoms with Gasteiger partial charge in [0.05, 0.1) is 13.2 Å². The number of guanidine groups is 1. The molecule has 0 aliphatic rings. The van der Waals surface area contributed by atoms with Gasteiger partial charge in [-0.1, -0.05) is 36.4 Å². The molecule has 1 amide bonds. The highest BCUT2D eigenvalue weighted by molar-refractivity contribution is 5.93. The minimum absolute atomic E-state index is 0.0647. The Labute approximate surface area is 185 Å². The topological polar surface area (TPSA) is 75.2 Å². The predicted molar refractivity (Wildman–Crippen MR) is 126 cm³/mol. The van der Waals surface area contributed by atoms with Crippen molar-refractivity contribution >= 4 is 17.6 Å². The van der Waals surface area contributed by atoms with Crippen LogP contribution in [-0.2, 0) is 16.1 Å². The van der Waals surface area contributed by atoms with Crippen LogP contribution in [0.1, 0.15) is 25.3 Å². The number of methoxy groups -OCH3 is 1. The molecule has 2 aromatic carbocycles. The fraction of sp³-hybridized carbons (Fsp3) is 0.417. The molecule has 7 heteroatoms. The van der Waals surface area contributed by atoms with Crippen molar-refractivity contribution in [3.8, 4) is 5.75 Å². The summed E-state index contributed by atoms with van der Waals surface area (Å²) >= 11 is 0. The monoisotopic (exact) mass is 426 g/mol. The Morgan fingerprint density at radius 2 is 1.90 bits per heavy atom. The number of aliphatic imine (C=N–C) groups is 1. The molecule has 0 spiro atoms. The zero-order valence-electron chi connectivity index (χ0n) is 18.8. The van der Waals surface area contributed by atoms with E-state index < -0.39 is 0 Å². The van der Waals surface area contributed by atoms with Gasteiger partial charge in [0.15, 0.2) is 5.96 Å². The predicted octanol–water partition coefficient (Wildman–Crippen LogP) is 3.53. The normalized spacial score (nSPS) is 11.1. The van der Waals surface area contributed by atoms with Gasteiger partial charge in [-0.15, -0.1) is 0 Å². The third-order valence-corrected chi connectivity index (χ3v) is 4.49. The third-order valence-electron chi connectivity index (χ3n) is 4.49. The Hall–Kier alpha value is -3.06. The van der Waals surface area contributed by atoms with E-state index in [9.17, 15) is 4.79 Å². The zero-order chi connectivity index (χ0) is 22.3. The van der Waals surface area contributed by atoms with E-state index in [1.165, 1.54) is 0 Å². The summed E-state index contributed by atoms with van der Waals surface area (Å²) in [7, 11) is 3.50. The van der Waals surface area contributed by atoms with E-state index in [0.717, 1.165) is 30.0 Å². The van der Waals surface area contributed by atoms with Gasteiger partial charge in [0.25, 0.3) is 0 Å². The highest BCUT2D eigenvalue weighted by atomic mass is 16.5. The Kier molecular flexibility index (Phi) is 11.0. The van der Waals surface area contributed by atoms with Gasteiger partial charge >= 0.3 is 0 Å².